The third-order valence-electron chi connectivity index (χ3n) is 18.3. The van der Waals surface area contributed by atoms with E-state index in [0.29, 0.717) is 23.5 Å². The Morgan fingerprint density at radius 1 is 0.303 bits per heavy atom. The number of benzene rings is 14. The van der Waals surface area contributed by atoms with Crippen molar-refractivity contribution in [3.63, 3.8) is 0 Å². The van der Waals surface area contributed by atoms with Gasteiger partial charge in [-0.25, -0.2) is 9.64 Å². The molecule has 0 aliphatic rings. The minimum Gasteiger partial charge on any atom is -0.462 e. The molecule has 14 rings (SSSR count). The van der Waals surface area contributed by atoms with Crippen LogP contribution in [0.3, 0.4) is 0 Å². The Hall–Kier alpha value is -11.7. The summed E-state index contributed by atoms with van der Waals surface area (Å²) in [6, 6.07) is 94.9. The molecule has 0 aromatic heterocycles. The van der Waals surface area contributed by atoms with Gasteiger partial charge in [0.05, 0.1) is 69.9 Å². The van der Waals surface area contributed by atoms with Crippen molar-refractivity contribution in [2.75, 3.05) is 44.1 Å². The van der Waals surface area contributed by atoms with Crippen LogP contribution in [0.15, 0.2) is 382 Å². The first-order valence-corrected chi connectivity index (χ1v) is 45.4. The maximum Gasteiger partial charge on any atom is 0.338 e. The maximum atomic E-state index is 11.9. The number of rotatable bonds is 20. The summed E-state index contributed by atoms with van der Waals surface area (Å²) in [5, 5.41) is 56.8. The summed E-state index contributed by atoms with van der Waals surface area (Å²) >= 11 is 10.0. The van der Waals surface area contributed by atoms with Gasteiger partial charge in [-0.2, -0.15) is 35.8 Å². The molecule has 14 aromatic rings. The molecular formula is C98H95N13O2S6. The van der Waals surface area contributed by atoms with Crippen LogP contribution in [0.4, 0.5) is 73.9 Å². The summed E-state index contributed by atoms with van der Waals surface area (Å²) < 4.78 is 5.06. The van der Waals surface area contributed by atoms with Crippen LogP contribution in [-0.4, -0.2) is 50.1 Å². The fourth-order valence-electron chi connectivity index (χ4n) is 11.9. The highest BCUT2D eigenvalue weighted by molar-refractivity contribution is 8.00. The van der Waals surface area contributed by atoms with Gasteiger partial charge in [0.2, 0.25) is 0 Å². The molecule has 21 heteroatoms. The monoisotopic (exact) mass is 1680 g/mol. The molecule has 0 fully saturated rings. The first-order valence-electron chi connectivity index (χ1n) is 38.1. The van der Waals surface area contributed by atoms with E-state index in [0.717, 1.165) is 98.7 Å². The minimum atomic E-state index is -0.339. The number of carbonyl (C=O) groups excluding carboxylic acids is 1. The highest BCUT2D eigenvalue weighted by atomic mass is 32.2. The first-order chi connectivity index (χ1) is 57.9. The van der Waals surface area contributed by atoms with Crippen molar-refractivity contribution < 1.29 is 9.53 Å². The topological polar surface area (TPSA) is 179 Å². The van der Waals surface area contributed by atoms with Crippen molar-refractivity contribution in [2.24, 2.45) is 61.4 Å². The number of carbonyl (C=O) groups is 1. The molecule has 0 N–H and O–H groups in total. The third kappa shape index (κ3) is 27.2. The number of thioether (sulfide) groups is 6. The highest BCUT2D eigenvalue weighted by Gasteiger charge is 2.16. The number of fused-ring (bicyclic) bond motifs is 2. The van der Waals surface area contributed by atoms with Crippen LogP contribution in [-0.2, 0) is 4.74 Å². The molecule has 0 amide bonds. The molecule has 0 spiro atoms. The molecule has 0 saturated heterocycles. The zero-order valence-corrected chi connectivity index (χ0v) is 74.4. The van der Waals surface area contributed by atoms with Crippen LogP contribution in [0.2, 0.25) is 0 Å². The lowest BCUT2D eigenvalue weighted by Gasteiger charge is -2.11. The third-order valence-corrected chi connectivity index (χ3v) is 23.5. The van der Waals surface area contributed by atoms with Gasteiger partial charge in [0.25, 0.3) is 0 Å². The molecule has 0 atom stereocenters. The zero-order valence-electron chi connectivity index (χ0n) is 69.5. The average molecular weight is 1680 g/mol. The van der Waals surface area contributed by atoms with Crippen LogP contribution in [0.1, 0.15) is 61.8 Å². The van der Waals surface area contributed by atoms with Crippen LogP contribution >= 0.6 is 70.6 Å². The van der Waals surface area contributed by atoms with Crippen molar-refractivity contribution in [3.05, 3.63) is 353 Å². The van der Waals surface area contributed by atoms with Gasteiger partial charge in [0.1, 0.15) is 17.1 Å². The first kappa shape index (κ1) is 91.2. The van der Waals surface area contributed by atoms with Gasteiger partial charge >= 0.3 is 5.97 Å². The molecule has 14 aromatic carbocycles. The second-order valence-electron chi connectivity index (χ2n) is 26.4. The Kier molecular flexibility index (Phi) is 36.9. The van der Waals surface area contributed by atoms with Crippen molar-refractivity contribution in [1.82, 2.24) is 0 Å². The van der Waals surface area contributed by atoms with Crippen molar-refractivity contribution in [2.45, 2.75) is 91.7 Å². The number of ether oxygens (including phenoxy) is 1. The molecule has 119 heavy (non-hydrogen) atoms. The summed E-state index contributed by atoms with van der Waals surface area (Å²) in [4.78, 5) is 22.2. The Morgan fingerprint density at radius 3 is 1.11 bits per heavy atom. The number of aryl methyl sites for hydroxylation is 5. The van der Waals surface area contributed by atoms with Crippen molar-refractivity contribution in [3.8, 4) is 0 Å². The Morgan fingerprint density at radius 2 is 0.672 bits per heavy atom. The lowest BCUT2D eigenvalue weighted by molar-refractivity contribution is 0.0526. The van der Waals surface area contributed by atoms with Gasteiger partial charge < -0.3 is 4.74 Å². The van der Waals surface area contributed by atoms with Crippen molar-refractivity contribution in [1.29, 1.82) is 0 Å². The molecule has 0 aliphatic heterocycles. The normalized spacial score (nSPS) is 11.0. The highest BCUT2D eigenvalue weighted by Crippen LogP contribution is 2.42. The van der Waals surface area contributed by atoms with E-state index in [2.05, 4.69) is 200 Å². The van der Waals surface area contributed by atoms with E-state index < -0.39 is 0 Å². The van der Waals surface area contributed by atoms with E-state index in [1.807, 2.05) is 239 Å². The zero-order chi connectivity index (χ0) is 84.8. The summed E-state index contributed by atoms with van der Waals surface area (Å²) in [6.45, 7) is 26.0. The van der Waals surface area contributed by atoms with Crippen LogP contribution in [0.25, 0.3) is 26.4 Å². The SMILES string of the molecule is CCOC(=O)c1cc(C)c(SC)c(N=Nc2ccccc2)c1.CSc1c(C)cc(C)c(C)c1N=Nc1ccccc1.CSc1c(N=Nc2ccccc2)cc(C)c(C)c1C.CSc1cc2ccccc2cc1N=Nc1ccccc1.CSc1ccc2ccccc2c1N=Nc1ccccc1.[C-]#[N+]c1cc(C)c(SC)c(N=Nc2ccccc2)c1. The second kappa shape index (κ2) is 48.2. The van der Waals surface area contributed by atoms with Gasteiger partial charge in [0, 0.05) is 34.8 Å². The largest absolute Gasteiger partial charge is 0.462 e. The molecule has 0 radical (unpaired) electrons. The van der Waals surface area contributed by atoms with Crippen LogP contribution < -0.4 is 0 Å². The number of esters is 1. The Balaban J connectivity index is 0.000000163. The Bertz CT molecular complexity index is 5910. The van der Waals surface area contributed by atoms with E-state index in [9.17, 15) is 4.79 Å². The van der Waals surface area contributed by atoms with Gasteiger partial charge in [0.15, 0.2) is 5.69 Å². The lowest BCUT2D eigenvalue weighted by Crippen LogP contribution is -2.05. The number of hydrogen-bond acceptors (Lipinski definition) is 20. The van der Waals surface area contributed by atoms with E-state index >= 15 is 0 Å². The fraction of sp³-hybridized carbons (Fsp3) is 0.163. The molecule has 15 nitrogen and oxygen atoms in total. The van der Waals surface area contributed by atoms with Gasteiger partial charge in [-0.3, -0.25) is 0 Å². The molecule has 600 valence electrons. The molecule has 0 bridgehead atoms. The predicted molar refractivity (Wildman–Crippen MR) is 508 cm³/mol. The number of hydrogen-bond donors (Lipinski definition) is 0. The minimum absolute atomic E-state index is 0.339. The van der Waals surface area contributed by atoms with Crippen molar-refractivity contribution >= 4 is 172 Å². The van der Waals surface area contributed by atoms with E-state index in [-0.39, 0.29) is 5.97 Å². The van der Waals surface area contributed by atoms with Crippen LogP contribution in [0.5, 0.6) is 0 Å². The summed E-state index contributed by atoms with van der Waals surface area (Å²) in [5.41, 5.74) is 21.1. The predicted octanol–water partition coefficient (Wildman–Crippen LogP) is 34.4. The molecular weight excluding hydrogens is 1580 g/mol. The second-order valence-corrected chi connectivity index (χ2v) is 31.4. The average Bonchev–Trinajstić information content (AvgIpc) is 0.811. The standard InChI is InChI=1S/C17H18N2O2S.2C17H14N2S.2C16H18N2S.C15H13N3S/c1-4-21-17(20)13-10-12(2)16(22-3)15(11-13)19-18-14-8-6-5-7-9-14;1-20-17-12-14-8-6-5-7-13(14)11-16(17)19-18-15-9-3-2-4-10-15;1-20-16-12-11-13-7-5-6-10-15(13)17(16)19-18-14-8-3-2-4-9-14;1-11-10-15(16(19-4)13(3)12(11)2)18-17-14-8-6-5-7-9-14;1-11-10-12(2)16(19-4)15(13(11)3)18-17-14-8-6-5-7-9-14;1-11-9-13(16-2)10-14(15(11)19-3)18-17-12-7-5-4-6-8-12/h5-11H,4H2,1-3H3;2*2-12H,1H3;2*5-10H,1-4H3;4-10H,1,3H3. The number of nitrogens with zero attached hydrogens (tertiary/aromatic N) is 13. The molecule has 0 aliphatic carbocycles. The maximum absolute atomic E-state index is 11.9. The van der Waals surface area contributed by atoms with E-state index in [1.165, 1.54) is 59.3 Å². The molecule has 0 saturated carbocycles. The summed E-state index contributed by atoms with van der Waals surface area (Å²) in [7, 11) is 0. The van der Waals surface area contributed by atoms with Gasteiger partial charge in [-0.15, -0.1) is 96.1 Å². The smallest absolute Gasteiger partial charge is 0.338 e. The van der Waals surface area contributed by atoms with Crippen LogP contribution in [0, 0.1) is 62.0 Å². The summed E-state index contributed by atoms with van der Waals surface area (Å²) in [6.07, 6.45) is 12.3. The van der Waals surface area contributed by atoms with Gasteiger partial charge in [-0.1, -0.05) is 176 Å². The molecule has 0 heterocycles. The Labute approximate surface area is 725 Å². The number of azo groups is 6. The quantitative estimate of drug-likeness (QED) is 0.0313. The summed E-state index contributed by atoms with van der Waals surface area (Å²) in [5.74, 6) is -0.339. The van der Waals surface area contributed by atoms with E-state index in [1.54, 1.807) is 89.6 Å². The lowest BCUT2D eigenvalue weighted by atomic mass is 10.0. The molecule has 0 unspecified atom stereocenters. The van der Waals surface area contributed by atoms with Gasteiger partial charge in [-0.05, 0) is 276 Å². The fourth-order valence-corrected chi connectivity index (χ4v) is 16.0. The van der Waals surface area contributed by atoms with E-state index in [4.69, 9.17) is 11.3 Å².